The van der Waals surface area contributed by atoms with Gasteiger partial charge in [0, 0.05) is 21.9 Å². The lowest BCUT2D eigenvalue weighted by Crippen LogP contribution is -2.10. The van der Waals surface area contributed by atoms with Crippen molar-refractivity contribution in [2.45, 2.75) is 41.0 Å². The molecule has 4 nitrogen and oxygen atoms in total. The number of methoxy groups -OCH3 is 1. The van der Waals surface area contributed by atoms with Gasteiger partial charge in [-0.25, -0.2) is 0 Å². The van der Waals surface area contributed by atoms with Gasteiger partial charge >= 0.3 is 0 Å². The average Bonchev–Trinajstić information content (AvgIpc) is 2.73. The summed E-state index contributed by atoms with van der Waals surface area (Å²) >= 11 is 6.08. The second-order valence-corrected chi connectivity index (χ2v) is 7.67. The van der Waals surface area contributed by atoms with E-state index < -0.39 is 0 Å². The molecule has 0 heterocycles. The van der Waals surface area contributed by atoms with E-state index in [1.165, 1.54) is 0 Å². The van der Waals surface area contributed by atoms with Crippen LogP contribution in [0.15, 0.2) is 57.7 Å². The molecule has 0 aliphatic rings. The van der Waals surface area contributed by atoms with Crippen molar-refractivity contribution < 1.29 is 4.74 Å². The van der Waals surface area contributed by atoms with Gasteiger partial charge in [-0.15, -0.1) is 0 Å². The Morgan fingerprint density at radius 3 is 2.38 bits per heavy atom. The summed E-state index contributed by atoms with van der Waals surface area (Å²) in [4.78, 5) is 4.89. The minimum Gasteiger partial charge on any atom is -0.497 e. The van der Waals surface area contributed by atoms with Gasteiger partial charge in [-0.05, 0) is 62.9 Å². The van der Waals surface area contributed by atoms with E-state index in [0.29, 0.717) is 17.5 Å². The van der Waals surface area contributed by atoms with E-state index in [-0.39, 0.29) is 0 Å². The Kier molecular flexibility index (Phi) is 8.59. The molecule has 0 radical (unpaired) electrons. The molecule has 0 N–H and O–H groups in total. The van der Waals surface area contributed by atoms with Gasteiger partial charge in [0.1, 0.15) is 5.75 Å². The highest BCUT2D eigenvalue weighted by molar-refractivity contribution is 6.30. The molecule has 0 fully saturated rings. The molecule has 5 heteroatoms. The quantitative estimate of drug-likeness (QED) is 0.367. The summed E-state index contributed by atoms with van der Waals surface area (Å²) in [6.07, 6.45) is 1.05. The number of rotatable bonds is 8. The first-order valence-corrected chi connectivity index (χ1v) is 10.3. The van der Waals surface area contributed by atoms with Crippen LogP contribution in [0.25, 0.3) is 0 Å². The molecule has 0 aliphatic carbocycles. The predicted octanol–water partition coefficient (Wildman–Crippen LogP) is 6.38. The third-order valence-corrected chi connectivity index (χ3v) is 5.24. The number of hydrogen-bond donors (Lipinski definition) is 0. The summed E-state index contributed by atoms with van der Waals surface area (Å²) in [5, 5.41) is 9.44. The summed E-state index contributed by atoms with van der Waals surface area (Å²) in [6, 6.07) is 13.7. The number of ether oxygens (including phenoxy) is 1. The van der Waals surface area contributed by atoms with Crippen LogP contribution in [0.3, 0.4) is 0 Å². The van der Waals surface area contributed by atoms with Gasteiger partial charge in [-0.1, -0.05) is 43.6 Å². The third kappa shape index (κ3) is 6.53. The van der Waals surface area contributed by atoms with Crippen molar-refractivity contribution in [3.8, 4) is 5.75 Å². The molecular weight excluding hydrogens is 382 g/mol. The van der Waals surface area contributed by atoms with E-state index in [1.54, 1.807) is 7.11 Å². The Balaban J connectivity index is 2.42. The molecule has 0 aromatic heterocycles. The number of benzene rings is 2. The normalized spacial score (nSPS) is 14.1. The van der Waals surface area contributed by atoms with Gasteiger partial charge in [0.05, 0.1) is 25.1 Å². The molecular formula is C24H30ClN3O. The molecule has 154 valence electrons. The number of aryl methyl sites for hydroxylation is 1. The van der Waals surface area contributed by atoms with E-state index in [0.717, 1.165) is 46.0 Å². The van der Waals surface area contributed by atoms with Crippen molar-refractivity contribution in [2.24, 2.45) is 21.1 Å². The molecule has 2 aromatic carbocycles. The van der Waals surface area contributed by atoms with E-state index in [2.05, 4.69) is 31.0 Å². The van der Waals surface area contributed by atoms with Crippen LogP contribution in [0.5, 0.6) is 5.75 Å². The molecule has 0 bridgehead atoms. The first-order valence-electron chi connectivity index (χ1n) is 9.88. The van der Waals surface area contributed by atoms with E-state index >= 15 is 0 Å². The maximum atomic E-state index is 6.08. The van der Waals surface area contributed by atoms with Gasteiger partial charge < -0.3 is 4.74 Å². The molecule has 0 aliphatic heterocycles. The Bertz CT molecular complexity index is 914. The highest BCUT2D eigenvalue weighted by Crippen LogP contribution is 2.22. The number of aliphatic imine (C=N–C) groups is 1. The smallest absolute Gasteiger partial charge is 0.119 e. The lowest BCUT2D eigenvalue weighted by molar-refractivity contribution is 0.414. The van der Waals surface area contributed by atoms with E-state index in [1.807, 2.05) is 56.3 Å². The molecule has 1 atom stereocenters. The van der Waals surface area contributed by atoms with Gasteiger partial charge in [0.15, 0.2) is 0 Å². The van der Waals surface area contributed by atoms with Crippen LogP contribution >= 0.6 is 11.6 Å². The Labute approximate surface area is 179 Å². The van der Waals surface area contributed by atoms with E-state index in [9.17, 15) is 0 Å². The van der Waals surface area contributed by atoms with Gasteiger partial charge in [-0.2, -0.15) is 10.2 Å². The van der Waals surface area contributed by atoms with Crippen molar-refractivity contribution >= 4 is 28.7 Å². The minimum atomic E-state index is 0.430. The molecule has 0 saturated carbocycles. The van der Waals surface area contributed by atoms with Crippen LogP contribution in [0.1, 0.15) is 50.8 Å². The first kappa shape index (κ1) is 22.8. The molecule has 2 aromatic rings. The summed E-state index contributed by atoms with van der Waals surface area (Å²) < 4.78 is 5.42. The molecule has 29 heavy (non-hydrogen) atoms. The fraction of sp³-hybridized carbons (Fsp3) is 0.375. The van der Waals surface area contributed by atoms with Crippen molar-refractivity contribution in [1.29, 1.82) is 0 Å². The molecule has 2 rings (SSSR count). The minimum absolute atomic E-state index is 0.430. The number of hydrogen-bond acceptors (Lipinski definition) is 4. The first-order chi connectivity index (χ1) is 13.8. The fourth-order valence-electron chi connectivity index (χ4n) is 2.71. The topological polar surface area (TPSA) is 46.3 Å². The van der Waals surface area contributed by atoms with Crippen LogP contribution in [0, 0.1) is 12.8 Å². The largest absolute Gasteiger partial charge is 0.497 e. The van der Waals surface area contributed by atoms with Crippen LogP contribution in [0.4, 0.5) is 0 Å². The third-order valence-electron chi connectivity index (χ3n) is 4.99. The standard InChI is InChI=1S/C24H30ClN3O/c1-7-16(2)19(5)28-27-18(4)15-26-24(20-9-11-21(25)12-10-20)23-14-22(29-6)13-8-17(23)3/h8-14,16H,7,15H2,1-6H3/b26-24?,27-18+,28-19-. The predicted molar refractivity (Wildman–Crippen MR) is 125 cm³/mol. The zero-order valence-electron chi connectivity index (χ0n) is 18.2. The highest BCUT2D eigenvalue weighted by Gasteiger charge is 2.12. The number of nitrogens with zero attached hydrogens (tertiary/aromatic N) is 3. The Hall–Kier alpha value is -2.46. The van der Waals surface area contributed by atoms with Crippen LogP contribution in [0.2, 0.25) is 5.02 Å². The number of halogens is 1. The van der Waals surface area contributed by atoms with Gasteiger partial charge in [0.25, 0.3) is 0 Å². The summed E-state index contributed by atoms with van der Waals surface area (Å²) in [6.45, 7) is 10.8. The Morgan fingerprint density at radius 1 is 1.07 bits per heavy atom. The van der Waals surface area contributed by atoms with E-state index in [4.69, 9.17) is 21.3 Å². The Morgan fingerprint density at radius 2 is 1.76 bits per heavy atom. The summed E-state index contributed by atoms with van der Waals surface area (Å²) in [7, 11) is 1.67. The van der Waals surface area contributed by atoms with Crippen molar-refractivity contribution in [1.82, 2.24) is 0 Å². The molecule has 0 saturated heterocycles. The maximum Gasteiger partial charge on any atom is 0.119 e. The van der Waals surface area contributed by atoms with Crippen molar-refractivity contribution in [3.05, 3.63) is 64.2 Å². The second-order valence-electron chi connectivity index (χ2n) is 7.24. The lowest BCUT2D eigenvalue weighted by Gasteiger charge is -2.12. The maximum absolute atomic E-state index is 6.08. The zero-order chi connectivity index (χ0) is 21.4. The zero-order valence-corrected chi connectivity index (χ0v) is 18.9. The van der Waals surface area contributed by atoms with Crippen LogP contribution < -0.4 is 4.74 Å². The second kappa shape index (κ2) is 10.9. The van der Waals surface area contributed by atoms with Gasteiger partial charge in [0.2, 0.25) is 0 Å². The molecule has 0 amide bonds. The molecule has 0 spiro atoms. The van der Waals surface area contributed by atoms with Gasteiger partial charge in [-0.3, -0.25) is 4.99 Å². The van der Waals surface area contributed by atoms with Crippen molar-refractivity contribution in [2.75, 3.05) is 13.7 Å². The summed E-state index contributed by atoms with van der Waals surface area (Å²) in [5.74, 6) is 1.23. The van der Waals surface area contributed by atoms with Crippen molar-refractivity contribution in [3.63, 3.8) is 0 Å². The fourth-order valence-corrected chi connectivity index (χ4v) is 2.83. The lowest BCUT2D eigenvalue weighted by atomic mass is 9.97. The van der Waals surface area contributed by atoms with Crippen LogP contribution in [-0.2, 0) is 0 Å². The highest BCUT2D eigenvalue weighted by atomic mass is 35.5. The van der Waals surface area contributed by atoms with Crippen LogP contribution in [-0.4, -0.2) is 30.8 Å². The SMILES string of the molecule is CCC(C)/C(C)=N\N=C(/C)CN=C(c1ccc(Cl)cc1)c1cc(OC)ccc1C. The average molecular weight is 412 g/mol. The molecule has 1 unspecified atom stereocenters. The monoisotopic (exact) mass is 411 g/mol. The summed E-state index contributed by atoms with van der Waals surface area (Å²) in [5.41, 5.74) is 5.93.